The van der Waals surface area contributed by atoms with Gasteiger partial charge in [0.2, 0.25) is 0 Å². The Labute approximate surface area is 144 Å². The highest BCUT2D eigenvalue weighted by molar-refractivity contribution is 6.35. The lowest BCUT2D eigenvalue weighted by Crippen LogP contribution is -2.26. The van der Waals surface area contributed by atoms with Gasteiger partial charge in [0.1, 0.15) is 11.6 Å². The van der Waals surface area contributed by atoms with Crippen molar-refractivity contribution >= 4 is 22.5 Å². The first-order valence-electron chi connectivity index (χ1n) is 7.62. The van der Waals surface area contributed by atoms with Gasteiger partial charge in [-0.3, -0.25) is 9.36 Å². The standard InChI is InChI=1S/C18H18ClN3O2/c1-11-14(7-4-8-15(11)24-2)22-16(9-10-20)21-13-6-3-5-12(19)17(13)18(22)23/h3-8H,9-10,20H2,1-2H3. The van der Waals surface area contributed by atoms with Crippen LogP contribution in [0.15, 0.2) is 41.2 Å². The molecule has 0 fully saturated rings. The largest absolute Gasteiger partial charge is 0.496 e. The third-order valence-corrected chi connectivity index (χ3v) is 4.32. The fourth-order valence-electron chi connectivity index (χ4n) is 2.85. The van der Waals surface area contributed by atoms with Crippen molar-refractivity contribution in [2.45, 2.75) is 13.3 Å². The van der Waals surface area contributed by atoms with Gasteiger partial charge in [-0.2, -0.15) is 0 Å². The molecule has 0 atom stereocenters. The summed E-state index contributed by atoms with van der Waals surface area (Å²) >= 11 is 6.25. The van der Waals surface area contributed by atoms with Crippen molar-refractivity contribution in [1.82, 2.24) is 9.55 Å². The predicted molar refractivity (Wildman–Crippen MR) is 96.4 cm³/mol. The van der Waals surface area contributed by atoms with E-state index in [9.17, 15) is 4.79 Å². The average molecular weight is 344 g/mol. The van der Waals surface area contributed by atoms with Gasteiger partial charge in [0.25, 0.3) is 5.56 Å². The van der Waals surface area contributed by atoms with E-state index in [1.165, 1.54) is 0 Å². The second kappa shape index (κ2) is 6.63. The molecule has 0 aliphatic rings. The third kappa shape index (κ3) is 2.66. The molecule has 3 aromatic rings. The number of fused-ring (bicyclic) bond motifs is 1. The monoisotopic (exact) mass is 343 g/mol. The van der Waals surface area contributed by atoms with E-state index < -0.39 is 0 Å². The van der Waals surface area contributed by atoms with Gasteiger partial charge in [-0.1, -0.05) is 23.7 Å². The van der Waals surface area contributed by atoms with Gasteiger partial charge in [0.15, 0.2) is 0 Å². The molecule has 0 unspecified atom stereocenters. The van der Waals surface area contributed by atoms with Gasteiger partial charge < -0.3 is 10.5 Å². The zero-order chi connectivity index (χ0) is 17.3. The van der Waals surface area contributed by atoms with Crippen molar-refractivity contribution < 1.29 is 4.74 Å². The average Bonchev–Trinajstić information content (AvgIpc) is 2.56. The predicted octanol–water partition coefficient (Wildman–Crippen LogP) is 2.86. The lowest BCUT2D eigenvalue weighted by atomic mass is 10.1. The number of halogens is 1. The smallest absolute Gasteiger partial charge is 0.267 e. The maximum absolute atomic E-state index is 13.2. The molecule has 0 bridgehead atoms. The van der Waals surface area contributed by atoms with Crippen LogP contribution in [0.5, 0.6) is 5.75 Å². The van der Waals surface area contributed by atoms with Gasteiger partial charge in [0, 0.05) is 12.0 Å². The van der Waals surface area contributed by atoms with Crippen LogP contribution < -0.4 is 16.0 Å². The Balaban J connectivity index is 2.42. The molecule has 0 saturated heterocycles. The molecule has 0 radical (unpaired) electrons. The molecule has 24 heavy (non-hydrogen) atoms. The Morgan fingerprint density at radius 1 is 1.25 bits per heavy atom. The van der Waals surface area contributed by atoms with E-state index >= 15 is 0 Å². The van der Waals surface area contributed by atoms with Crippen molar-refractivity contribution in [3.05, 3.63) is 63.2 Å². The topological polar surface area (TPSA) is 70.1 Å². The van der Waals surface area contributed by atoms with Crippen LogP contribution in [0.4, 0.5) is 0 Å². The summed E-state index contributed by atoms with van der Waals surface area (Å²) in [4.78, 5) is 17.8. The number of hydrogen-bond acceptors (Lipinski definition) is 4. The lowest BCUT2D eigenvalue weighted by Gasteiger charge is -2.17. The Morgan fingerprint density at radius 2 is 2.00 bits per heavy atom. The maximum Gasteiger partial charge on any atom is 0.267 e. The molecular weight excluding hydrogens is 326 g/mol. The van der Waals surface area contributed by atoms with Crippen LogP contribution >= 0.6 is 11.6 Å². The van der Waals surface area contributed by atoms with E-state index in [1.54, 1.807) is 29.9 Å². The first-order chi connectivity index (χ1) is 11.6. The van der Waals surface area contributed by atoms with Gasteiger partial charge in [0.05, 0.1) is 28.7 Å². The molecule has 0 aliphatic heterocycles. The molecule has 0 saturated carbocycles. The lowest BCUT2D eigenvalue weighted by molar-refractivity contribution is 0.411. The summed E-state index contributed by atoms with van der Waals surface area (Å²) in [5.74, 6) is 1.31. The molecule has 2 aromatic carbocycles. The molecule has 6 heteroatoms. The number of nitrogens with two attached hydrogens (primary N) is 1. The first-order valence-corrected chi connectivity index (χ1v) is 8.00. The van der Waals surface area contributed by atoms with Gasteiger partial charge >= 0.3 is 0 Å². The fourth-order valence-corrected chi connectivity index (χ4v) is 3.10. The molecule has 124 valence electrons. The Morgan fingerprint density at radius 3 is 2.71 bits per heavy atom. The molecule has 1 heterocycles. The SMILES string of the molecule is COc1cccc(-n2c(CCN)nc3cccc(Cl)c3c2=O)c1C. The number of methoxy groups -OCH3 is 1. The highest BCUT2D eigenvalue weighted by Crippen LogP contribution is 2.26. The minimum atomic E-state index is -0.203. The number of nitrogens with zero attached hydrogens (tertiary/aromatic N) is 2. The molecule has 0 spiro atoms. The molecular formula is C18H18ClN3O2. The normalized spacial score (nSPS) is 11.0. The Hall–Kier alpha value is -2.37. The van der Waals surface area contributed by atoms with Crippen molar-refractivity contribution in [2.75, 3.05) is 13.7 Å². The zero-order valence-electron chi connectivity index (χ0n) is 13.5. The van der Waals surface area contributed by atoms with E-state index in [4.69, 9.17) is 22.1 Å². The van der Waals surface area contributed by atoms with Crippen LogP contribution in [0.3, 0.4) is 0 Å². The second-order valence-electron chi connectivity index (χ2n) is 5.45. The minimum absolute atomic E-state index is 0.203. The van der Waals surface area contributed by atoms with Gasteiger partial charge in [-0.25, -0.2) is 4.98 Å². The molecule has 1 aromatic heterocycles. The van der Waals surface area contributed by atoms with Crippen LogP contribution in [0.2, 0.25) is 5.02 Å². The molecule has 3 rings (SSSR count). The van der Waals surface area contributed by atoms with E-state index in [0.717, 1.165) is 11.3 Å². The van der Waals surface area contributed by atoms with E-state index in [1.807, 2.05) is 25.1 Å². The molecule has 5 nitrogen and oxygen atoms in total. The summed E-state index contributed by atoms with van der Waals surface area (Å²) in [7, 11) is 1.60. The van der Waals surface area contributed by atoms with Crippen molar-refractivity contribution in [2.24, 2.45) is 5.73 Å². The summed E-state index contributed by atoms with van der Waals surface area (Å²) in [6.07, 6.45) is 0.480. The van der Waals surface area contributed by atoms with E-state index in [0.29, 0.717) is 40.5 Å². The van der Waals surface area contributed by atoms with Crippen molar-refractivity contribution in [1.29, 1.82) is 0 Å². The number of hydrogen-bond donors (Lipinski definition) is 1. The zero-order valence-corrected chi connectivity index (χ0v) is 14.3. The van der Waals surface area contributed by atoms with E-state index in [2.05, 4.69) is 4.98 Å². The van der Waals surface area contributed by atoms with Crippen LogP contribution in [0.1, 0.15) is 11.4 Å². The molecule has 2 N–H and O–H groups in total. The van der Waals surface area contributed by atoms with Gasteiger partial charge in [-0.05, 0) is 37.7 Å². The maximum atomic E-state index is 13.2. The summed E-state index contributed by atoms with van der Waals surface area (Å²) in [6.45, 7) is 2.30. The van der Waals surface area contributed by atoms with Crippen LogP contribution in [-0.2, 0) is 6.42 Å². The van der Waals surface area contributed by atoms with Crippen molar-refractivity contribution in [3.8, 4) is 11.4 Å². The summed E-state index contributed by atoms with van der Waals surface area (Å²) in [5.41, 5.74) is 7.67. The minimum Gasteiger partial charge on any atom is -0.496 e. The number of aromatic nitrogens is 2. The number of benzene rings is 2. The molecule has 0 amide bonds. The van der Waals surface area contributed by atoms with Crippen LogP contribution in [-0.4, -0.2) is 23.2 Å². The Kier molecular flexibility index (Phi) is 4.55. The number of ether oxygens (including phenoxy) is 1. The highest BCUT2D eigenvalue weighted by atomic mass is 35.5. The fraction of sp³-hybridized carbons (Fsp3) is 0.222. The van der Waals surface area contributed by atoms with Gasteiger partial charge in [-0.15, -0.1) is 0 Å². The molecule has 0 aliphatic carbocycles. The summed E-state index contributed by atoms with van der Waals surface area (Å²) < 4.78 is 6.95. The number of rotatable bonds is 4. The quantitative estimate of drug-likeness (QED) is 0.790. The van der Waals surface area contributed by atoms with Crippen molar-refractivity contribution in [3.63, 3.8) is 0 Å². The van der Waals surface area contributed by atoms with Crippen LogP contribution in [0.25, 0.3) is 16.6 Å². The third-order valence-electron chi connectivity index (χ3n) is 4.00. The first kappa shape index (κ1) is 16.5. The summed E-state index contributed by atoms with van der Waals surface area (Å²) in [5, 5.41) is 0.792. The highest BCUT2D eigenvalue weighted by Gasteiger charge is 2.17. The second-order valence-corrected chi connectivity index (χ2v) is 5.85. The van der Waals surface area contributed by atoms with E-state index in [-0.39, 0.29) is 5.56 Å². The van der Waals surface area contributed by atoms with Crippen LogP contribution in [0, 0.1) is 6.92 Å². The Bertz CT molecular complexity index is 966. The summed E-state index contributed by atoms with van der Waals surface area (Å²) in [6, 6.07) is 10.8.